The van der Waals surface area contributed by atoms with Crippen molar-refractivity contribution in [1.82, 2.24) is 14.8 Å². The second-order valence-corrected chi connectivity index (χ2v) is 6.86. The predicted molar refractivity (Wildman–Crippen MR) is 85.9 cm³/mol. The quantitative estimate of drug-likeness (QED) is 0.773. The molecule has 0 fully saturated rings. The number of hydrogen-bond donors (Lipinski definition) is 1. The van der Waals surface area contributed by atoms with E-state index < -0.39 is 0 Å². The summed E-state index contributed by atoms with van der Waals surface area (Å²) in [5.41, 5.74) is 9.13. The molecule has 1 atom stereocenters. The lowest BCUT2D eigenvalue weighted by molar-refractivity contribution is 0.625. The number of nitrogens with zero attached hydrogens (tertiary/aromatic N) is 3. The Morgan fingerprint density at radius 1 is 1.37 bits per heavy atom. The molecule has 0 amide bonds. The molecule has 1 unspecified atom stereocenters. The summed E-state index contributed by atoms with van der Waals surface area (Å²) in [7, 11) is 1.92. The van der Waals surface area contributed by atoms with Crippen LogP contribution in [-0.4, -0.2) is 14.8 Å². The van der Waals surface area contributed by atoms with Gasteiger partial charge in [0, 0.05) is 28.6 Å². The molecule has 0 bridgehead atoms. The van der Waals surface area contributed by atoms with E-state index in [-0.39, 0.29) is 6.04 Å². The third-order valence-electron chi connectivity index (χ3n) is 2.86. The lowest BCUT2D eigenvalue weighted by atomic mass is 10.1. The zero-order chi connectivity index (χ0) is 14.2. The van der Waals surface area contributed by atoms with E-state index in [1.54, 1.807) is 6.20 Å². The van der Waals surface area contributed by atoms with Crippen LogP contribution in [0.4, 0.5) is 0 Å². The van der Waals surface area contributed by atoms with Crippen molar-refractivity contribution in [3.05, 3.63) is 42.8 Å². The molecule has 2 heterocycles. The third-order valence-corrected chi connectivity index (χ3v) is 4.96. The van der Waals surface area contributed by atoms with Gasteiger partial charge in [0.1, 0.15) is 0 Å². The highest BCUT2D eigenvalue weighted by Gasteiger charge is 2.18. The van der Waals surface area contributed by atoms with E-state index in [0.29, 0.717) is 6.42 Å². The molecule has 0 spiro atoms. The molecule has 0 saturated carbocycles. The second kappa shape index (κ2) is 6.03. The molecule has 2 aromatic rings. The highest BCUT2D eigenvalue weighted by molar-refractivity contribution is 9.11. The topological polar surface area (TPSA) is 56.7 Å². The van der Waals surface area contributed by atoms with E-state index in [0.717, 1.165) is 30.5 Å². The van der Waals surface area contributed by atoms with Crippen molar-refractivity contribution in [3.8, 4) is 0 Å². The van der Waals surface area contributed by atoms with Crippen LogP contribution in [0.15, 0.2) is 25.7 Å². The van der Waals surface area contributed by atoms with Crippen molar-refractivity contribution < 1.29 is 0 Å². The van der Waals surface area contributed by atoms with Gasteiger partial charge in [-0.2, -0.15) is 5.10 Å². The smallest absolute Gasteiger partial charge is 0.0738 e. The Morgan fingerprint density at radius 2 is 2.05 bits per heavy atom. The number of halogens is 3. The van der Waals surface area contributed by atoms with E-state index in [9.17, 15) is 0 Å². The number of aromatic nitrogens is 3. The minimum absolute atomic E-state index is 0.187. The van der Waals surface area contributed by atoms with Crippen LogP contribution in [0.3, 0.4) is 0 Å². The van der Waals surface area contributed by atoms with Crippen molar-refractivity contribution in [3.63, 3.8) is 0 Å². The minimum Gasteiger partial charge on any atom is -0.322 e. The summed E-state index contributed by atoms with van der Waals surface area (Å²) >= 11 is 10.4. The number of rotatable bonds is 3. The van der Waals surface area contributed by atoms with Gasteiger partial charge in [0.2, 0.25) is 0 Å². The summed E-state index contributed by atoms with van der Waals surface area (Å²) in [5, 5.41) is 4.37. The van der Waals surface area contributed by atoms with Gasteiger partial charge in [0.05, 0.1) is 27.6 Å². The minimum atomic E-state index is -0.187. The van der Waals surface area contributed by atoms with Crippen molar-refractivity contribution in [2.75, 3.05) is 0 Å². The summed E-state index contributed by atoms with van der Waals surface area (Å²) in [4.78, 5) is 4.38. The second-order valence-electron chi connectivity index (χ2n) is 4.30. The Bertz CT molecular complexity index is 609. The van der Waals surface area contributed by atoms with Gasteiger partial charge in [-0.05, 0) is 60.8 Å². The highest BCUT2D eigenvalue weighted by Crippen LogP contribution is 2.28. The lowest BCUT2D eigenvalue weighted by Gasteiger charge is -2.13. The first-order chi connectivity index (χ1) is 8.90. The first-order valence-corrected chi connectivity index (χ1v) is 8.02. The molecule has 0 aliphatic carbocycles. The van der Waals surface area contributed by atoms with E-state index in [4.69, 9.17) is 5.73 Å². The summed E-state index contributed by atoms with van der Waals surface area (Å²) in [5.74, 6) is 0. The third kappa shape index (κ3) is 3.26. The summed E-state index contributed by atoms with van der Waals surface area (Å²) < 4.78 is 4.70. The fourth-order valence-corrected chi connectivity index (χ4v) is 3.68. The van der Waals surface area contributed by atoms with Crippen LogP contribution in [0, 0.1) is 6.92 Å². The zero-order valence-corrected chi connectivity index (χ0v) is 15.3. The Labute approximate surface area is 137 Å². The number of pyridine rings is 1. The fraction of sp³-hybridized carbons (Fsp3) is 0.333. The van der Waals surface area contributed by atoms with Crippen molar-refractivity contribution in [2.24, 2.45) is 12.8 Å². The van der Waals surface area contributed by atoms with Gasteiger partial charge in [-0.1, -0.05) is 0 Å². The predicted octanol–water partition coefficient (Wildman–Crippen LogP) is 3.65. The van der Waals surface area contributed by atoms with E-state index in [2.05, 4.69) is 57.9 Å². The highest BCUT2D eigenvalue weighted by atomic mass is 79.9. The van der Waals surface area contributed by atoms with Crippen LogP contribution in [0.2, 0.25) is 0 Å². The zero-order valence-electron chi connectivity index (χ0n) is 10.5. The average Bonchev–Trinajstić information content (AvgIpc) is 2.56. The molecule has 4 nitrogen and oxygen atoms in total. The molecule has 102 valence electrons. The Kier molecular flexibility index (Phi) is 4.81. The molecule has 0 aromatic carbocycles. The van der Waals surface area contributed by atoms with Gasteiger partial charge in [-0.3, -0.25) is 9.67 Å². The van der Waals surface area contributed by atoms with Crippen LogP contribution in [0.25, 0.3) is 0 Å². The standard InChI is InChI=1S/C12H13Br3N4/c1-6-11(15)10(19(2)18-6)4-9(16)12-8(14)3-7(13)5-17-12/h3,5,9H,4,16H2,1-2H3. The van der Waals surface area contributed by atoms with Crippen LogP contribution in [0.1, 0.15) is 23.1 Å². The molecule has 2 N–H and O–H groups in total. The van der Waals surface area contributed by atoms with Crippen molar-refractivity contribution in [2.45, 2.75) is 19.4 Å². The molecule has 19 heavy (non-hydrogen) atoms. The molecule has 0 aliphatic rings. The summed E-state index contributed by atoms with van der Waals surface area (Å²) in [6.45, 7) is 1.97. The number of aryl methyl sites for hydroxylation is 2. The molecular formula is C12H13Br3N4. The summed E-state index contributed by atoms with van der Waals surface area (Å²) in [6.07, 6.45) is 2.43. The van der Waals surface area contributed by atoms with E-state index in [1.807, 2.05) is 24.7 Å². The Balaban J connectivity index is 2.28. The van der Waals surface area contributed by atoms with E-state index in [1.165, 1.54) is 0 Å². The largest absolute Gasteiger partial charge is 0.322 e. The fourth-order valence-electron chi connectivity index (χ4n) is 1.90. The maximum absolute atomic E-state index is 6.26. The molecular weight excluding hydrogens is 440 g/mol. The molecule has 0 aliphatic heterocycles. The summed E-state index contributed by atoms with van der Waals surface area (Å²) in [6, 6.07) is 1.76. The van der Waals surface area contributed by atoms with Gasteiger partial charge in [0.25, 0.3) is 0 Å². The first kappa shape index (κ1) is 15.2. The van der Waals surface area contributed by atoms with Crippen LogP contribution in [0.5, 0.6) is 0 Å². The maximum atomic E-state index is 6.26. The van der Waals surface area contributed by atoms with Gasteiger partial charge >= 0.3 is 0 Å². The van der Waals surface area contributed by atoms with Gasteiger partial charge in [-0.15, -0.1) is 0 Å². The van der Waals surface area contributed by atoms with Crippen LogP contribution in [-0.2, 0) is 13.5 Å². The van der Waals surface area contributed by atoms with Crippen molar-refractivity contribution in [1.29, 1.82) is 0 Å². The average molecular weight is 453 g/mol. The normalized spacial score (nSPS) is 12.7. The maximum Gasteiger partial charge on any atom is 0.0738 e. The number of nitrogens with two attached hydrogens (primary N) is 1. The van der Waals surface area contributed by atoms with Gasteiger partial charge in [-0.25, -0.2) is 0 Å². The molecule has 7 heteroatoms. The first-order valence-electron chi connectivity index (χ1n) is 5.64. The molecule has 0 saturated heterocycles. The van der Waals surface area contributed by atoms with Crippen molar-refractivity contribution >= 4 is 47.8 Å². The van der Waals surface area contributed by atoms with Crippen LogP contribution < -0.4 is 5.73 Å². The van der Waals surface area contributed by atoms with Gasteiger partial charge < -0.3 is 5.73 Å². The monoisotopic (exact) mass is 450 g/mol. The Morgan fingerprint density at radius 3 is 2.58 bits per heavy atom. The van der Waals surface area contributed by atoms with Gasteiger partial charge in [0.15, 0.2) is 0 Å². The SMILES string of the molecule is Cc1nn(C)c(CC(N)c2ncc(Br)cc2Br)c1Br. The van der Waals surface area contributed by atoms with E-state index >= 15 is 0 Å². The number of hydrogen-bond acceptors (Lipinski definition) is 3. The van der Waals surface area contributed by atoms with Crippen LogP contribution >= 0.6 is 47.8 Å². The molecule has 2 rings (SSSR count). The molecule has 0 radical (unpaired) electrons. The lowest BCUT2D eigenvalue weighted by Crippen LogP contribution is -2.17. The molecule has 2 aromatic heterocycles. The Hall–Kier alpha value is -0.240.